The lowest BCUT2D eigenvalue weighted by Crippen LogP contribution is -2.33. The molecule has 6 nitrogen and oxygen atoms in total. The highest BCUT2D eigenvalue weighted by molar-refractivity contribution is 7.89. The first-order chi connectivity index (χ1) is 11.4. The maximum absolute atomic E-state index is 13.5. The molecule has 1 aliphatic heterocycles. The minimum Gasteiger partial charge on any atom is -0.492 e. The van der Waals surface area contributed by atoms with Crippen LogP contribution in [-0.4, -0.2) is 38.0 Å². The van der Waals surface area contributed by atoms with Crippen LogP contribution in [0.2, 0.25) is 0 Å². The second-order valence-electron chi connectivity index (χ2n) is 5.46. The fraction of sp³-hybridized carbons (Fsp3) is 0.312. The van der Waals surface area contributed by atoms with Crippen molar-refractivity contribution in [3.63, 3.8) is 0 Å². The third-order valence-corrected chi connectivity index (χ3v) is 5.57. The van der Waals surface area contributed by atoms with Crippen molar-refractivity contribution in [3.05, 3.63) is 47.4 Å². The molecule has 0 saturated heterocycles. The highest BCUT2D eigenvalue weighted by Gasteiger charge is 2.31. The van der Waals surface area contributed by atoms with E-state index in [0.29, 0.717) is 16.9 Å². The van der Waals surface area contributed by atoms with Gasteiger partial charge >= 0.3 is 0 Å². The summed E-state index contributed by atoms with van der Waals surface area (Å²) >= 11 is 0. The van der Waals surface area contributed by atoms with Crippen molar-refractivity contribution >= 4 is 10.0 Å². The zero-order valence-electron chi connectivity index (χ0n) is 13.3. The summed E-state index contributed by atoms with van der Waals surface area (Å²) in [5.41, 5.74) is 1.18. The number of aromatic nitrogens is 1. The number of benzene rings is 1. The first-order valence-corrected chi connectivity index (χ1v) is 8.78. The Hall–Kier alpha value is -2.19. The molecule has 0 aliphatic carbocycles. The molecule has 1 aromatic carbocycles. The van der Waals surface area contributed by atoms with Crippen LogP contribution >= 0.6 is 0 Å². The molecule has 1 aromatic heterocycles. The van der Waals surface area contributed by atoms with Crippen LogP contribution in [0.25, 0.3) is 0 Å². The largest absolute Gasteiger partial charge is 0.492 e. The van der Waals surface area contributed by atoms with Crippen LogP contribution in [0.4, 0.5) is 4.39 Å². The molecule has 2 aromatic rings. The van der Waals surface area contributed by atoms with Crippen LogP contribution in [0.5, 0.6) is 11.6 Å². The second kappa shape index (κ2) is 6.37. The van der Waals surface area contributed by atoms with Crippen LogP contribution in [-0.2, 0) is 16.6 Å². The molecular weight excluding hydrogens is 335 g/mol. The van der Waals surface area contributed by atoms with Gasteiger partial charge in [-0.2, -0.15) is 4.31 Å². The first kappa shape index (κ1) is 16.7. The van der Waals surface area contributed by atoms with E-state index < -0.39 is 15.8 Å². The molecule has 0 atom stereocenters. The van der Waals surface area contributed by atoms with Gasteiger partial charge in [-0.3, -0.25) is 0 Å². The van der Waals surface area contributed by atoms with E-state index in [1.807, 2.05) is 0 Å². The predicted molar refractivity (Wildman–Crippen MR) is 85.0 cm³/mol. The number of ether oxygens (including phenoxy) is 2. The van der Waals surface area contributed by atoms with E-state index in [1.165, 1.54) is 41.9 Å². The lowest BCUT2D eigenvalue weighted by Gasteiger charge is -2.20. The van der Waals surface area contributed by atoms with Crippen molar-refractivity contribution in [2.75, 3.05) is 20.3 Å². The molecule has 0 saturated carbocycles. The Balaban J connectivity index is 2.03. The molecule has 0 bridgehead atoms. The molecule has 128 valence electrons. The highest BCUT2D eigenvalue weighted by atomic mass is 32.2. The standard InChI is InChI=1S/C16H17FN2O4S/c1-11-7-15(16(22-2)18-9-11)24(20,21)19-5-6-23-14-4-3-13(17)8-12(14)10-19/h3-4,7-9H,5-6,10H2,1-2H3. The number of sulfonamides is 1. The summed E-state index contributed by atoms with van der Waals surface area (Å²) < 4.78 is 51.4. The third-order valence-electron chi connectivity index (χ3n) is 3.73. The summed E-state index contributed by atoms with van der Waals surface area (Å²) in [6.45, 7) is 2.10. The summed E-state index contributed by atoms with van der Waals surface area (Å²) in [5, 5.41) is 0. The van der Waals surface area contributed by atoms with E-state index >= 15 is 0 Å². The van der Waals surface area contributed by atoms with E-state index in [0.717, 1.165) is 0 Å². The van der Waals surface area contributed by atoms with Gasteiger partial charge in [-0.15, -0.1) is 0 Å². The van der Waals surface area contributed by atoms with Crippen molar-refractivity contribution < 1.29 is 22.3 Å². The lowest BCUT2D eigenvalue weighted by atomic mass is 10.2. The fourth-order valence-corrected chi connectivity index (χ4v) is 4.14. The number of fused-ring (bicyclic) bond motifs is 1. The summed E-state index contributed by atoms with van der Waals surface area (Å²) in [5.74, 6) is 0.0834. The monoisotopic (exact) mass is 352 g/mol. The van der Waals surface area contributed by atoms with Crippen molar-refractivity contribution in [2.45, 2.75) is 18.4 Å². The van der Waals surface area contributed by atoms with E-state index in [1.54, 1.807) is 6.92 Å². The third kappa shape index (κ3) is 3.07. The van der Waals surface area contributed by atoms with Crippen molar-refractivity contribution in [1.82, 2.24) is 9.29 Å². The quantitative estimate of drug-likeness (QED) is 0.846. The zero-order valence-corrected chi connectivity index (χ0v) is 14.1. The van der Waals surface area contributed by atoms with E-state index in [9.17, 15) is 12.8 Å². The summed E-state index contributed by atoms with van der Waals surface area (Å²) in [6.07, 6.45) is 1.54. The van der Waals surface area contributed by atoms with Crippen LogP contribution in [0.15, 0.2) is 35.4 Å². The maximum atomic E-state index is 13.5. The van der Waals surface area contributed by atoms with Gasteiger partial charge in [0.25, 0.3) is 0 Å². The lowest BCUT2D eigenvalue weighted by molar-refractivity contribution is 0.292. The summed E-state index contributed by atoms with van der Waals surface area (Å²) in [4.78, 5) is 4.01. The molecule has 0 N–H and O–H groups in total. The molecule has 0 radical (unpaired) electrons. The van der Waals surface area contributed by atoms with Crippen LogP contribution in [0.1, 0.15) is 11.1 Å². The van der Waals surface area contributed by atoms with Crippen molar-refractivity contribution in [2.24, 2.45) is 0 Å². The van der Waals surface area contributed by atoms with Gasteiger partial charge in [0.05, 0.1) is 7.11 Å². The van der Waals surface area contributed by atoms with Crippen molar-refractivity contribution in [1.29, 1.82) is 0 Å². The summed E-state index contributed by atoms with van der Waals surface area (Å²) in [7, 11) is -2.49. The molecule has 2 heterocycles. The number of rotatable bonds is 3. The molecule has 0 amide bonds. The van der Waals surface area contributed by atoms with Gasteiger partial charge in [0, 0.05) is 24.8 Å². The van der Waals surface area contributed by atoms with E-state index in [2.05, 4.69) is 4.98 Å². The van der Waals surface area contributed by atoms with Crippen molar-refractivity contribution in [3.8, 4) is 11.6 Å². The minimum absolute atomic E-state index is 0.00940. The minimum atomic E-state index is -3.86. The SMILES string of the molecule is COc1ncc(C)cc1S(=O)(=O)N1CCOc2ccc(F)cc2C1. The molecule has 0 unspecified atom stereocenters. The molecular formula is C16H17FN2O4S. The van der Waals surface area contributed by atoms with Gasteiger partial charge < -0.3 is 9.47 Å². The average molecular weight is 352 g/mol. The van der Waals surface area contributed by atoms with Gasteiger partial charge in [0.1, 0.15) is 23.1 Å². The first-order valence-electron chi connectivity index (χ1n) is 7.34. The fourth-order valence-electron chi connectivity index (χ4n) is 2.55. The molecule has 3 rings (SSSR count). The zero-order chi connectivity index (χ0) is 17.3. The van der Waals surface area contributed by atoms with E-state index in [-0.39, 0.29) is 30.5 Å². The molecule has 0 spiro atoms. The highest BCUT2D eigenvalue weighted by Crippen LogP contribution is 2.30. The number of aryl methyl sites for hydroxylation is 1. The maximum Gasteiger partial charge on any atom is 0.248 e. The number of nitrogens with zero attached hydrogens (tertiary/aromatic N) is 2. The topological polar surface area (TPSA) is 68.7 Å². The molecule has 0 fully saturated rings. The number of halogens is 1. The smallest absolute Gasteiger partial charge is 0.248 e. The average Bonchev–Trinajstić information content (AvgIpc) is 2.77. The predicted octanol–water partition coefficient (Wildman–Crippen LogP) is 2.12. The van der Waals surface area contributed by atoms with Gasteiger partial charge in [0.2, 0.25) is 15.9 Å². The van der Waals surface area contributed by atoms with E-state index in [4.69, 9.17) is 9.47 Å². The van der Waals surface area contributed by atoms with Crippen LogP contribution in [0.3, 0.4) is 0 Å². The van der Waals surface area contributed by atoms with Crippen LogP contribution in [0, 0.1) is 12.7 Å². The molecule has 1 aliphatic rings. The Bertz CT molecular complexity index is 870. The molecule has 24 heavy (non-hydrogen) atoms. The Labute approximate surface area is 139 Å². The number of pyridine rings is 1. The number of hydrogen-bond acceptors (Lipinski definition) is 5. The Morgan fingerprint density at radius 2 is 2.12 bits per heavy atom. The Morgan fingerprint density at radius 3 is 2.88 bits per heavy atom. The van der Waals surface area contributed by atoms with Gasteiger partial charge in [-0.1, -0.05) is 0 Å². The normalized spacial score (nSPS) is 15.3. The number of hydrogen-bond donors (Lipinski definition) is 0. The van der Waals surface area contributed by atoms with Gasteiger partial charge in [-0.25, -0.2) is 17.8 Å². The Morgan fingerprint density at radius 1 is 1.33 bits per heavy atom. The molecule has 8 heteroatoms. The number of methoxy groups -OCH3 is 1. The second-order valence-corrected chi connectivity index (χ2v) is 7.37. The van der Waals surface area contributed by atoms with Gasteiger partial charge in [-0.05, 0) is 36.8 Å². The Kier molecular flexibility index (Phi) is 4.42. The van der Waals surface area contributed by atoms with Gasteiger partial charge in [0.15, 0.2) is 0 Å². The van der Waals surface area contributed by atoms with Crippen LogP contribution < -0.4 is 9.47 Å². The summed E-state index contributed by atoms with van der Waals surface area (Å²) in [6, 6.07) is 5.60.